The van der Waals surface area contributed by atoms with Crippen LogP contribution in [0.4, 0.5) is 0 Å². The molecule has 0 atom stereocenters. The summed E-state index contributed by atoms with van der Waals surface area (Å²) < 4.78 is 4.33. The van der Waals surface area contributed by atoms with Gasteiger partial charge < -0.3 is 4.57 Å². The van der Waals surface area contributed by atoms with Crippen LogP contribution in [0.3, 0.4) is 0 Å². The number of amides is 1. The summed E-state index contributed by atoms with van der Waals surface area (Å²) >= 11 is 6.89. The molecule has 136 valence electrons. The van der Waals surface area contributed by atoms with Gasteiger partial charge in [0.25, 0.3) is 5.91 Å². The molecule has 0 bridgehead atoms. The topological polar surface area (TPSA) is 34.4 Å². The van der Waals surface area contributed by atoms with E-state index >= 15 is 0 Å². The third kappa shape index (κ3) is 4.48. The van der Waals surface area contributed by atoms with Gasteiger partial charge >= 0.3 is 0 Å². The van der Waals surface area contributed by atoms with Gasteiger partial charge in [0.1, 0.15) is 0 Å². The first-order chi connectivity index (χ1) is 12.5. The van der Waals surface area contributed by atoms with Crippen molar-refractivity contribution >= 4 is 55.2 Å². The molecule has 0 aliphatic rings. The highest BCUT2D eigenvalue weighted by molar-refractivity contribution is 9.10. The lowest BCUT2D eigenvalue weighted by Gasteiger charge is -2.05. The first kappa shape index (κ1) is 19.4. The monoisotopic (exact) mass is 448 g/mol. The Morgan fingerprint density at radius 1 is 1.23 bits per heavy atom. The molecule has 0 aliphatic carbocycles. The predicted octanol–water partition coefficient (Wildman–Crippen LogP) is 5.12. The Hall–Kier alpha value is -1.37. The average molecular weight is 449 g/mol. The lowest BCUT2D eigenvalue weighted by atomic mass is 10.0. The number of halogens is 1. The van der Waals surface area contributed by atoms with Gasteiger partial charge in [0.2, 0.25) is 0 Å². The van der Waals surface area contributed by atoms with Crippen molar-refractivity contribution in [3.8, 4) is 0 Å². The Labute approximate surface area is 170 Å². The summed E-state index contributed by atoms with van der Waals surface area (Å²) in [6.07, 6.45) is 2.43. The molecule has 0 fully saturated rings. The van der Waals surface area contributed by atoms with Gasteiger partial charge in [-0.15, -0.1) is 0 Å². The molecule has 0 saturated carbocycles. The maximum Gasteiger partial charge on any atom is 0.252 e. The van der Waals surface area contributed by atoms with E-state index in [0.717, 1.165) is 42.9 Å². The molecule has 0 saturated heterocycles. The number of benzene rings is 2. The summed E-state index contributed by atoms with van der Waals surface area (Å²) in [6, 6.07) is 12.4. The normalized spacial score (nSPS) is 12.1. The maximum absolute atomic E-state index is 12.6. The van der Waals surface area contributed by atoms with E-state index in [0.29, 0.717) is 6.42 Å². The molecule has 3 nitrogen and oxygen atoms in total. The van der Waals surface area contributed by atoms with Crippen LogP contribution in [0, 0.1) is 13.8 Å². The Kier molecular flexibility index (Phi) is 6.37. The molecule has 3 rings (SSSR count). The van der Waals surface area contributed by atoms with Gasteiger partial charge in [-0.05, 0) is 49.4 Å². The number of carbonyl (C=O) groups is 1. The average Bonchev–Trinajstić information content (AvgIpc) is 2.91. The SMILES string of the molecule is CSCCn1c(=NC(=O)Cc2ccc(C)cc2C)sc2cc(Br)ccc21. The molecule has 1 aromatic heterocycles. The zero-order valence-electron chi connectivity index (χ0n) is 15.1. The van der Waals surface area contributed by atoms with Gasteiger partial charge in [0.15, 0.2) is 4.80 Å². The highest BCUT2D eigenvalue weighted by Crippen LogP contribution is 2.22. The van der Waals surface area contributed by atoms with Crippen LogP contribution in [0.15, 0.2) is 45.9 Å². The number of thiazole rings is 1. The standard InChI is InChI=1S/C20H21BrN2OS2/c1-13-4-5-15(14(2)10-13)11-19(24)22-20-23(8-9-25-3)17-7-6-16(21)12-18(17)26-20/h4-7,10,12H,8-9,11H2,1-3H3. The lowest BCUT2D eigenvalue weighted by Crippen LogP contribution is -2.18. The molecular formula is C20H21BrN2OS2. The van der Waals surface area contributed by atoms with E-state index < -0.39 is 0 Å². The van der Waals surface area contributed by atoms with Crippen LogP contribution >= 0.6 is 39.0 Å². The summed E-state index contributed by atoms with van der Waals surface area (Å²) in [6.45, 7) is 4.96. The van der Waals surface area contributed by atoms with Crippen LogP contribution in [-0.4, -0.2) is 22.5 Å². The summed E-state index contributed by atoms with van der Waals surface area (Å²) in [5.74, 6) is 0.890. The van der Waals surface area contributed by atoms with Gasteiger partial charge in [-0.25, -0.2) is 0 Å². The van der Waals surface area contributed by atoms with Crippen molar-refractivity contribution < 1.29 is 4.79 Å². The fourth-order valence-corrected chi connectivity index (χ4v) is 4.87. The van der Waals surface area contributed by atoms with E-state index in [2.05, 4.69) is 56.9 Å². The zero-order valence-corrected chi connectivity index (χ0v) is 18.3. The Balaban J connectivity index is 1.98. The Morgan fingerprint density at radius 3 is 2.77 bits per heavy atom. The van der Waals surface area contributed by atoms with Gasteiger partial charge in [-0.2, -0.15) is 16.8 Å². The number of thioether (sulfide) groups is 1. The van der Waals surface area contributed by atoms with Crippen LogP contribution in [-0.2, 0) is 17.8 Å². The summed E-state index contributed by atoms with van der Waals surface area (Å²) in [5, 5.41) is 0. The van der Waals surface area contributed by atoms with E-state index in [1.807, 2.05) is 25.1 Å². The number of nitrogens with zero attached hydrogens (tertiary/aromatic N) is 2. The van der Waals surface area contributed by atoms with Crippen LogP contribution in [0.5, 0.6) is 0 Å². The second-order valence-corrected chi connectivity index (χ2v) is 9.16. The van der Waals surface area contributed by atoms with Crippen molar-refractivity contribution in [2.24, 2.45) is 4.99 Å². The quantitative estimate of drug-likeness (QED) is 0.542. The molecular weight excluding hydrogens is 428 g/mol. The summed E-state index contributed by atoms with van der Waals surface area (Å²) in [7, 11) is 0. The fourth-order valence-electron chi connectivity index (χ4n) is 2.88. The van der Waals surface area contributed by atoms with Crippen molar-refractivity contribution in [1.82, 2.24) is 4.57 Å². The first-order valence-corrected chi connectivity index (χ1v) is 11.4. The van der Waals surface area contributed by atoms with E-state index in [-0.39, 0.29) is 5.91 Å². The molecule has 1 heterocycles. The molecule has 0 unspecified atom stereocenters. The fraction of sp³-hybridized carbons (Fsp3) is 0.300. The largest absolute Gasteiger partial charge is 0.316 e. The van der Waals surface area contributed by atoms with E-state index in [9.17, 15) is 4.79 Å². The van der Waals surface area contributed by atoms with Crippen LogP contribution in [0.25, 0.3) is 10.2 Å². The van der Waals surface area contributed by atoms with Gasteiger partial charge in [-0.3, -0.25) is 4.79 Å². The van der Waals surface area contributed by atoms with Crippen molar-refractivity contribution in [2.45, 2.75) is 26.8 Å². The third-order valence-corrected chi connectivity index (χ3v) is 6.35. The van der Waals surface area contributed by atoms with Crippen molar-refractivity contribution in [3.63, 3.8) is 0 Å². The van der Waals surface area contributed by atoms with Crippen molar-refractivity contribution in [1.29, 1.82) is 0 Å². The van der Waals surface area contributed by atoms with Crippen molar-refractivity contribution in [2.75, 3.05) is 12.0 Å². The zero-order chi connectivity index (χ0) is 18.7. The molecule has 6 heteroatoms. The molecule has 0 N–H and O–H groups in total. The molecule has 2 aromatic carbocycles. The number of hydrogen-bond donors (Lipinski definition) is 0. The summed E-state index contributed by atoms with van der Waals surface area (Å²) in [5.41, 5.74) is 4.53. The molecule has 0 aliphatic heterocycles. The van der Waals surface area contributed by atoms with Crippen LogP contribution in [0.2, 0.25) is 0 Å². The highest BCUT2D eigenvalue weighted by Gasteiger charge is 2.10. The highest BCUT2D eigenvalue weighted by atomic mass is 79.9. The number of hydrogen-bond acceptors (Lipinski definition) is 3. The third-order valence-electron chi connectivity index (χ3n) is 4.22. The Morgan fingerprint density at radius 2 is 2.04 bits per heavy atom. The number of rotatable bonds is 5. The predicted molar refractivity (Wildman–Crippen MR) is 116 cm³/mol. The summed E-state index contributed by atoms with van der Waals surface area (Å²) in [4.78, 5) is 17.8. The Bertz CT molecular complexity index is 1020. The van der Waals surface area contributed by atoms with Gasteiger partial charge in [-0.1, -0.05) is 51.0 Å². The first-order valence-electron chi connectivity index (χ1n) is 8.39. The minimum Gasteiger partial charge on any atom is -0.316 e. The van der Waals surface area contributed by atoms with Crippen molar-refractivity contribution in [3.05, 3.63) is 62.4 Å². The second-order valence-electron chi connectivity index (χ2n) is 6.25. The molecule has 1 amide bonds. The molecule has 0 radical (unpaired) electrons. The molecule has 26 heavy (non-hydrogen) atoms. The number of aromatic nitrogens is 1. The lowest BCUT2D eigenvalue weighted by molar-refractivity contribution is -0.117. The van der Waals surface area contributed by atoms with E-state index in [1.54, 1.807) is 23.1 Å². The number of fused-ring (bicyclic) bond motifs is 1. The van der Waals surface area contributed by atoms with E-state index in [4.69, 9.17) is 0 Å². The molecule has 3 aromatic rings. The van der Waals surface area contributed by atoms with Crippen LogP contribution < -0.4 is 4.80 Å². The minimum absolute atomic E-state index is 0.0968. The number of aryl methyl sites for hydroxylation is 3. The minimum atomic E-state index is -0.0968. The van der Waals surface area contributed by atoms with Gasteiger partial charge in [0, 0.05) is 16.8 Å². The number of carbonyl (C=O) groups excluding carboxylic acids is 1. The van der Waals surface area contributed by atoms with Crippen LogP contribution in [0.1, 0.15) is 16.7 Å². The second kappa shape index (κ2) is 8.55. The molecule has 0 spiro atoms. The smallest absolute Gasteiger partial charge is 0.252 e. The van der Waals surface area contributed by atoms with Gasteiger partial charge in [0.05, 0.1) is 16.6 Å². The maximum atomic E-state index is 12.6. The van der Waals surface area contributed by atoms with E-state index in [1.165, 1.54) is 5.56 Å².